The quantitative estimate of drug-likeness (QED) is 0.449. The van der Waals surface area contributed by atoms with Crippen molar-refractivity contribution in [3.8, 4) is 0 Å². The molecule has 2 heterocycles. The first-order valence-electron chi connectivity index (χ1n) is 9.44. The molecule has 1 fully saturated rings. The van der Waals surface area contributed by atoms with Crippen molar-refractivity contribution in [2.24, 2.45) is 0 Å². The smallest absolute Gasteiger partial charge is 0.289 e. The van der Waals surface area contributed by atoms with Crippen LogP contribution in [0.1, 0.15) is 5.69 Å². The number of aromatic nitrogens is 1. The fourth-order valence-corrected chi connectivity index (χ4v) is 5.32. The number of halogens is 2. The number of anilines is 1. The maximum Gasteiger partial charge on any atom is 0.289 e. The van der Waals surface area contributed by atoms with Crippen LogP contribution in [0.25, 0.3) is 10.9 Å². The van der Waals surface area contributed by atoms with Crippen molar-refractivity contribution in [1.29, 1.82) is 0 Å². The van der Waals surface area contributed by atoms with Crippen molar-refractivity contribution in [3.63, 3.8) is 0 Å². The van der Waals surface area contributed by atoms with Crippen LogP contribution in [0.3, 0.4) is 0 Å². The summed E-state index contributed by atoms with van der Waals surface area (Å²) in [5.41, 5.74) is 0.578. The molecule has 8 nitrogen and oxygen atoms in total. The van der Waals surface area contributed by atoms with Gasteiger partial charge in [-0.05, 0) is 31.2 Å². The molecule has 1 aliphatic heterocycles. The van der Waals surface area contributed by atoms with Gasteiger partial charge in [0.25, 0.3) is 5.69 Å². The highest BCUT2D eigenvalue weighted by Gasteiger charge is 2.34. The van der Waals surface area contributed by atoms with Crippen molar-refractivity contribution in [2.45, 2.75) is 11.8 Å². The Hall–Kier alpha value is -3.18. The highest BCUT2D eigenvalue weighted by atomic mass is 32.2. The average molecular weight is 448 g/mol. The Bertz CT molecular complexity index is 1290. The summed E-state index contributed by atoms with van der Waals surface area (Å²) in [4.78, 5) is 16.2. The molecule has 0 saturated carbocycles. The molecule has 11 heteroatoms. The summed E-state index contributed by atoms with van der Waals surface area (Å²) in [6.07, 6.45) is 0. The Morgan fingerprint density at radius 1 is 1.06 bits per heavy atom. The summed E-state index contributed by atoms with van der Waals surface area (Å²) in [5, 5.41) is 11.7. The van der Waals surface area contributed by atoms with Gasteiger partial charge in [-0.3, -0.25) is 10.1 Å². The van der Waals surface area contributed by atoms with E-state index in [0.29, 0.717) is 16.8 Å². The van der Waals surface area contributed by atoms with E-state index in [1.54, 1.807) is 13.0 Å². The number of hydrogen-bond acceptors (Lipinski definition) is 6. The molecular formula is C20H18F2N4O4S. The van der Waals surface area contributed by atoms with Crippen LogP contribution < -0.4 is 4.90 Å². The van der Waals surface area contributed by atoms with Gasteiger partial charge >= 0.3 is 0 Å². The van der Waals surface area contributed by atoms with Gasteiger partial charge in [0.1, 0.15) is 5.52 Å². The normalized spacial score (nSPS) is 15.4. The molecule has 31 heavy (non-hydrogen) atoms. The fraction of sp³-hybridized carbons (Fsp3) is 0.250. The van der Waals surface area contributed by atoms with E-state index in [1.165, 1.54) is 28.6 Å². The second-order valence-corrected chi connectivity index (χ2v) is 9.06. The van der Waals surface area contributed by atoms with Gasteiger partial charge in [-0.2, -0.15) is 4.31 Å². The van der Waals surface area contributed by atoms with Crippen molar-refractivity contribution in [1.82, 2.24) is 9.29 Å². The summed E-state index contributed by atoms with van der Waals surface area (Å²) >= 11 is 0. The van der Waals surface area contributed by atoms with E-state index in [2.05, 4.69) is 4.98 Å². The SMILES string of the molecule is Cc1cc(N2CCN(S(=O)(=O)c3ccccc3[N+](=O)[O-])CC2)c2ccc(F)c(F)c2n1. The third-order valence-electron chi connectivity index (χ3n) is 5.24. The predicted molar refractivity (Wildman–Crippen MR) is 110 cm³/mol. The van der Waals surface area contributed by atoms with E-state index in [-0.39, 0.29) is 36.6 Å². The summed E-state index contributed by atoms with van der Waals surface area (Å²) in [6, 6.07) is 9.45. The number of rotatable bonds is 4. The lowest BCUT2D eigenvalue weighted by atomic mass is 10.1. The van der Waals surface area contributed by atoms with Gasteiger partial charge in [0.05, 0.1) is 4.92 Å². The van der Waals surface area contributed by atoms with E-state index in [1.807, 2.05) is 4.90 Å². The summed E-state index contributed by atoms with van der Waals surface area (Å²) in [5.74, 6) is -2.02. The first-order chi connectivity index (χ1) is 14.7. The van der Waals surface area contributed by atoms with Crippen LogP contribution in [0.15, 0.2) is 47.4 Å². The Morgan fingerprint density at radius 3 is 2.42 bits per heavy atom. The lowest BCUT2D eigenvalue weighted by Crippen LogP contribution is -2.48. The van der Waals surface area contributed by atoms with E-state index in [0.717, 1.165) is 12.1 Å². The molecule has 0 amide bonds. The van der Waals surface area contributed by atoms with E-state index >= 15 is 0 Å². The van der Waals surface area contributed by atoms with Crippen molar-refractivity contribution < 1.29 is 22.1 Å². The molecular weight excluding hydrogens is 430 g/mol. The lowest BCUT2D eigenvalue weighted by Gasteiger charge is -2.36. The van der Waals surface area contributed by atoms with Gasteiger partial charge in [-0.1, -0.05) is 12.1 Å². The maximum absolute atomic E-state index is 14.2. The van der Waals surface area contributed by atoms with Crippen LogP contribution in [0.5, 0.6) is 0 Å². The molecule has 0 spiro atoms. The van der Waals surface area contributed by atoms with E-state index in [9.17, 15) is 27.3 Å². The monoisotopic (exact) mass is 448 g/mol. The third-order valence-corrected chi connectivity index (χ3v) is 7.18. The van der Waals surface area contributed by atoms with Crippen LogP contribution in [0.4, 0.5) is 20.2 Å². The number of hydrogen-bond donors (Lipinski definition) is 0. The van der Waals surface area contributed by atoms with Crippen molar-refractivity contribution in [3.05, 3.63) is 69.9 Å². The molecule has 162 valence electrons. The molecule has 4 rings (SSSR count). The number of nitro benzene ring substituents is 1. The van der Waals surface area contributed by atoms with Gasteiger partial charge in [-0.25, -0.2) is 22.2 Å². The number of nitro groups is 1. The fourth-order valence-electron chi connectivity index (χ4n) is 3.74. The van der Waals surface area contributed by atoms with E-state index < -0.39 is 32.3 Å². The van der Waals surface area contributed by atoms with Crippen LogP contribution >= 0.6 is 0 Å². The number of para-hydroxylation sites is 1. The first-order valence-corrected chi connectivity index (χ1v) is 10.9. The zero-order chi connectivity index (χ0) is 22.3. The standard InChI is InChI=1S/C20H18F2N4O4S/c1-13-12-17(14-6-7-15(21)19(22)20(14)23-13)24-8-10-25(11-9-24)31(29,30)18-5-3-2-4-16(18)26(27)28/h2-7,12H,8-11H2,1H3. The second-order valence-electron chi connectivity index (χ2n) is 7.16. The number of fused-ring (bicyclic) bond motifs is 1. The van der Waals surface area contributed by atoms with Crippen molar-refractivity contribution in [2.75, 3.05) is 31.1 Å². The maximum atomic E-state index is 14.2. The number of nitrogens with zero attached hydrogens (tertiary/aromatic N) is 4. The molecule has 1 aliphatic rings. The number of aryl methyl sites for hydroxylation is 1. The molecule has 0 bridgehead atoms. The van der Waals surface area contributed by atoms with Crippen LogP contribution in [-0.4, -0.2) is 48.8 Å². The predicted octanol–water partition coefficient (Wildman–Crippen LogP) is 3.24. The van der Waals surface area contributed by atoms with Crippen LogP contribution in [0, 0.1) is 28.7 Å². The van der Waals surface area contributed by atoms with Gasteiger partial charge < -0.3 is 4.90 Å². The average Bonchev–Trinajstić information content (AvgIpc) is 2.76. The number of benzene rings is 2. The summed E-state index contributed by atoms with van der Waals surface area (Å²) < 4.78 is 55.1. The minimum absolute atomic E-state index is 0.0787. The first kappa shape index (κ1) is 21.1. The van der Waals surface area contributed by atoms with Crippen molar-refractivity contribution >= 4 is 32.3 Å². The molecule has 0 aliphatic carbocycles. The Balaban J connectivity index is 1.63. The number of sulfonamides is 1. The molecule has 2 aromatic carbocycles. The molecule has 1 saturated heterocycles. The van der Waals surface area contributed by atoms with Crippen LogP contribution in [0.2, 0.25) is 0 Å². The minimum Gasteiger partial charge on any atom is -0.368 e. The van der Waals surface area contributed by atoms with Gasteiger partial charge in [-0.15, -0.1) is 0 Å². The highest BCUT2D eigenvalue weighted by Crippen LogP contribution is 2.32. The van der Waals surface area contributed by atoms with Gasteiger partial charge in [0.2, 0.25) is 10.0 Å². The second kappa shape index (κ2) is 7.82. The highest BCUT2D eigenvalue weighted by molar-refractivity contribution is 7.89. The molecule has 1 aromatic heterocycles. The molecule has 0 atom stereocenters. The Morgan fingerprint density at radius 2 is 1.74 bits per heavy atom. The van der Waals surface area contributed by atoms with Gasteiger partial charge in [0.15, 0.2) is 16.5 Å². The lowest BCUT2D eigenvalue weighted by molar-refractivity contribution is -0.387. The van der Waals surface area contributed by atoms with Gasteiger partial charge in [0, 0.05) is 49.0 Å². The minimum atomic E-state index is -4.06. The third kappa shape index (κ3) is 3.70. The molecule has 0 radical (unpaired) electrons. The molecule has 0 N–H and O–H groups in total. The zero-order valence-electron chi connectivity index (χ0n) is 16.5. The zero-order valence-corrected chi connectivity index (χ0v) is 17.3. The topological polar surface area (TPSA) is 96.7 Å². The molecule has 0 unspecified atom stereocenters. The number of piperazine rings is 1. The summed E-state index contributed by atoms with van der Waals surface area (Å²) in [7, 11) is -4.06. The van der Waals surface area contributed by atoms with E-state index in [4.69, 9.17) is 0 Å². The summed E-state index contributed by atoms with van der Waals surface area (Å²) in [6.45, 7) is 2.39. The largest absolute Gasteiger partial charge is 0.368 e. The Labute approximate surface area is 176 Å². The van der Waals surface area contributed by atoms with Crippen LogP contribution in [-0.2, 0) is 10.0 Å². The molecule has 3 aromatic rings. The Kier molecular flexibility index (Phi) is 5.31. The number of pyridine rings is 1.